The smallest absolute Gasteiger partial charge is 0.444 e. The molecule has 3 fully saturated rings. The van der Waals surface area contributed by atoms with Crippen molar-refractivity contribution in [2.45, 2.75) is 69.9 Å². The zero-order valence-electron chi connectivity index (χ0n) is 33.7. The van der Waals surface area contributed by atoms with E-state index >= 15 is 0 Å². The van der Waals surface area contributed by atoms with Crippen molar-refractivity contribution in [3.8, 4) is 0 Å². The van der Waals surface area contributed by atoms with Gasteiger partial charge in [-0.15, -0.1) is 0 Å². The molecule has 3 saturated carbocycles. The molecule has 9 N–H and O–H groups in total. The Morgan fingerprint density at radius 2 is 1.03 bits per heavy atom. The number of nitrogens with zero attached hydrogens (tertiary/aromatic N) is 4. The van der Waals surface area contributed by atoms with E-state index in [4.69, 9.17) is 56.7 Å². The molecule has 6 aliphatic rings. The lowest BCUT2D eigenvalue weighted by Gasteiger charge is -2.28. The van der Waals surface area contributed by atoms with Crippen LogP contribution in [-0.4, -0.2) is 79.6 Å². The summed E-state index contributed by atoms with van der Waals surface area (Å²) in [6, 6.07) is -1.31. The van der Waals surface area contributed by atoms with Crippen molar-refractivity contribution < 1.29 is 50.7 Å². The predicted octanol–water partition coefficient (Wildman–Crippen LogP) is 4.81. The summed E-state index contributed by atoms with van der Waals surface area (Å²) in [4.78, 5) is 70.8. The second kappa shape index (κ2) is 19.7. The Morgan fingerprint density at radius 3 is 1.44 bits per heavy atom. The molecule has 8 rings (SSSR count). The highest BCUT2D eigenvalue weighted by molar-refractivity contribution is 6.31. The van der Waals surface area contributed by atoms with Crippen molar-refractivity contribution in [2.75, 3.05) is 5.32 Å². The fourth-order valence-corrected chi connectivity index (χ4v) is 9.27. The lowest BCUT2D eigenvalue weighted by Crippen LogP contribution is -2.51. The van der Waals surface area contributed by atoms with E-state index < -0.39 is 53.3 Å². The largest absolute Gasteiger partial charge is 0.471 e. The first-order valence-electron chi connectivity index (χ1n) is 19.4. The third kappa shape index (κ3) is 12.1. The van der Waals surface area contributed by atoms with E-state index in [0.29, 0.717) is 6.42 Å². The first-order valence-corrected chi connectivity index (χ1v) is 20.6. The maximum absolute atomic E-state index is 13.6. The van der Waals surface area contributed by atoms with Gasteiger partial charge in [0.05, 0.1) is 36.2 Å². The van der Waals surface area contributed by atoms with E-state index in [9.17, 15) is 45.9 Å². The van der Waals surface area contributed by atoms with Gasteiger partial charge in [-0.2, -0.15) is 18.2 Å². The van der Waals surface area contributed by atoms with Gasteiger partial charge in [-0.25, -0.2) is 28.5 Å². The van der Waals surface area contributed by atoms with Crippen LogP contribution >= 0.6 is 34.8 Å². The van der Waals surface area contributed by atoms with Crippen LogP contribution in [0.1, 0.15) is 40.0 Å². The fraction of sp³-hybridized carbons (Fsp3) is 0.513. The highest BCUT2D eigenvalue weighted by Gasteiger charge is 2.52. The highest BCUT2D eigenvalue weighted by Crippen LogP contribution is 2.46. The number of alkyl carbamates (subject to hydrolysis) is 1. The van der Waals surface area contributed by atoms with Crippen LogP contribution in [0.4, 0.5) is 32.6 Å². The SMILES string of the molecule is CC(C)(C)OC(=O)NC1C(C(N)=O)[C@@H]2C=C[C@H]1C2.Fc1cnc(Cl)nc1Cl.NC(=O)C1C(NC(=O)C(F)(F)F)[C@H]2C=C[C@@H]1C2.NC(=O)C1C(Nc2nc(Cl)ncc2F)[C@H]2C=C[C@@H]1C2. The Kier molecular flexibility index (Phi) is 15.3. The van der Waals surface area contributed by atoms with Crippen molar-refractivity contribution in [2.24, 2.45) is 70.5 Å². The first kappa shape index (κ1) is 48.9. The topological polar surface area (TPSA) is 260 Å². The summed E-state index contributed by atoms with van der Waals surface area (Å²) in [5.41, 5.74) is 15.5. The number of fused-ring (bicyclic) bond motifs is 6. The number of halogens is 8. The summed E-state index contributed by atoms with van der Waals surface area (Å²) in [6.07, 6.45) is 10.4. The number of carbonyl (C=O) groups is 5. The van der Waals surface area contributed by atoms with Crippen LogP contribution in [-0.2, 0) is 23.9 Å². The maximum Gasteiger partial charge on any atom is 0.471 e. The molecule has 24 heteroatoms. The number of allylic oxidation sites excluding steroid dienone is 3. The molecule has 16 nitrogen and oxygen atoms in total. The van der Waals surface area contributed by atoms with Gasteiger partial charge in [-0.05, 0) is 98.7 Å². The molecule has 342 valence electrons. The molecule has 2 aromatic heterocycles. The third-order valence-corrected chi connectivity index (χ3v) is 11.9. The van der Waals surface area contributed by atoms with Gasteiger partial charge in [0, 0.05) is 12.1 Å². The van der Waals surface area contributed by atoms with Crippen molar-refractivity contribution in [1.29, 1.82) is 0 Å². The molecule has 2 heterocycles. The van der Waals surface area contributed by atoms with Gasteiger partial charge in [0.25, 0.3) is 0 Å². The third-order valence-electron chi connectivity index (χ3n) is 11.3. The normalized spacial score (nSPS) is 30.0. The van der Waals surface area contributed by atoms with Gasteiger partial charge in [0.15, 0.2) is 22.6 Å². The summed E-state index contributed by atoms with van der Waals surface area (Å²) in [6.45, 7) is 5.41. The van der Waals surface area contributed by atoms with Gasteiger partial charge in [0.2, 0.25) is 28.3 Å². The summed E-state index contributed by atoms with van der Waals surface area (Å²) >= 11 is 16.1. The molecular formula is C39H44Cl3F5N10O6. The number of amides is 5. The summed E-state index contributed by atoms with van der Waals surface area (Å²) < 4.78 is 67.4. The van der Waals surface area contributed by atoms with Gasteiger partial charge in [-0.1, -0.05) is 48.1 Å². The number of nitrogens with two attached hydrogens (primary N) is 3. The molecule has 6 aliphatic carbocycles. The predicted molar refractivity (Wildman–Crippen MR) is 218 cm³/mol. The number of aromatic nitrogens is 4. The molecule has 0 radical (unpaired) electrons. The number of hydrogen-bond acceptors (Lipinski definition) is 11. The van der Waals surface area contributed by atoms with Crippen LogP contribution in [0.25, 0.3) is 0 Å². The Labute approximate surface area is 372 Å². The van der Waals surface area contributed by atoms with Crippen LogP contribution in [0, 0.1) is 64.9 Å². The molecule has 6 unspecified atom stereocenters. The minimum atomic E-state index is -4.94. The molecule has 12 atom stereocenters. The van der Waals surface area contributed by atoms with Gasteiger partial charge < -0.3 is 37.9 Å². The standard InChI is InChI=1S/C13H20N2O3.C12H12ClFN4O.C10H11F3N2O2.C4HCl2FN2/c1-13(2,3)18-12(17)15-10-8-5-4-7(6-8)9(10)11(14)16;13-12-16-4-7(14)11(18-12)17-9-6-2-1-5(3-6)8(9)10(15)19;11-10(12,13)9(17)15-7-5-2-1-4(3-5)6(7)8(14)16;5-3-2(7)1-8-4(6)9-3/h4-5,7-10H,6H2,1-3H3,(H2,14,16)(H,15,17);1-2,4-6,8-9H,3H2,(H2,15,19)(H,16,17,18);1-2,4-7H,3H2,(H2,14,16)(H,15,17);1H/t7-,8+,9?,10?;5-,6+,8?,9?;4-,5+,6?,7?;/m111./s1. The van der Waals surface area contributed by atoms with Crippen molar-refractivity contribution in [3.63, 3.8) is 0 Å². The molecule has 6 bridgehead atoms. The molecule has 0 aromatic carbocycles. The Bertz CT molecular complexity index is 2180. The number of ether oxygens (including phenoxy) is 1. The summed E-state index contributed by atoms with van der Waals surface area (Å²) in [7, 11) is 0. The van der Waals surface area contributed by atoms with E-state index in [-0.39, 0.29) is 92.8 Å². The van der Waals surface area contributed by atoms with Crippen LogP contribution in [0.5, 0.6) is 0 Å². The van der Waals surface area contributed by atoms with Crippen molar-refractivity contribution in [3.05, 3.63) is 76.2 Å². The number of hydrogen-bond donors (Lipinski definition) is 6. The van der Waals surface area contributed by atoms with E-state index in [2.05, 4.69) is 30.6 Å². The number of nitrogens with one attached hydrogen (secondary N) is 3. The zero-order chi connectivity index (χ0) is 46.7. The number of alkyl halides is 3. The maximum atomic E-state index is 13.6. The molecule has 0 aliphatic heterocycles. The van der Waals surface area contributed by atoms with E-state index in [1.807, 2.05) is 29.6 Å². The van der Waals surface area contributed by atoms with Crippen molar-refractivity contribution in [1.82, 2.24) is 30.6 Å². The van der Waals surface area contributed by atoms with Crippen molar-refractivity contribution >= 4 is 70.3 Å². The number of rotatable bonds is 7. The Balaban J connectivity index is 0.000000163. The summed E-state index contributed by atoms with van der Waals surface area (Å²) in [5.74, 6) is -5.82. The van der Waals surface area contributed by atoms with Crippen LogP contribution in [0.3, 0.4) is 0 Å². The lowest BCUT2D eigenvalue weighted by molar-refractivity contribution is -0.175. The molecule has 0 spiro atoms. The number of carbonyl (C=O) groups excluding carboxylic acids is 5. The molecule has 0 saturated heterocycles. The van der Waals surface area contributed by atoms with E-state index in [1.54, 1.807) is 32.9 Å². The quantitative estimate of drug-likeness (QED) is 0.0950. The van der Waals surface area contributed by atoms with Crippen LogP contribution < -0.4 is 33.2 Å². The number of primary amides is 3. The molecular weight excluding hydrogens is 906 g/mol. The van der Waals surface area contributed by atoms with Gasteiger partial charge in [-0.3, -0.25) is 19.2 Å². The first-order chi connectivity index (χ1) is 29.3. The molecule has 63 heavy (non-hydrogen) atoms. The Hall–Kier alpha value is -5.15. The summed E-state index contributed by atoms with van der Waals surface area (Å²) in [5, 5.41) is 7.25. The average Bonchev–Trinajstić information content (AvgIpc) is 4.04. The fourth-order valence-electron chi connectivity index (χ4n) is 8.83. The average molecular weight is 950 g/mol. The number of anilines is 1. The highest BCUT2D eigenvalue weighted by atomic mass is 35.5. The molecule has 5 amide bonds. The zero-order valence-corrected chi connectivity index (χ0v) is 35.9. The minimum absolute atomic E-state index is 0.0113. The van der Waals surface area contributed by atoms with Gasteiger partial charge >= 0.3 is 18.2 Å². The van der Waals surface area contributed by atoms with E-state index in [0.717, 1.165) is 25.2 Å². The molecule has 2 aromatic rings. The van der Waals surface area contributed by atoms with Crippen LogP contribution in [0.15, 0.2) is 48.8 Å². The van der Waals surface area contributed by atoms with Crippen LogP contribution in [0.2, 0.25) is 15.7 Å². The second-order valence-corrected chi connectivity index (χ2v) is 17.6. The minimum Gasteiger partial charge on any atom is -0.444 e. The lowest BCUT2D eigenvalue weighted by atomic mass is 9.88. The van der Waals surface area contributed by atoms with E-state index in [1.165, 1.54) is 0 Å². The second-order valence-electron chi connectivity index (χ2n) is 16.6. The van der Waals surface area contributed by atoms with Gasteiger partial charge in [0.1, 0.15) is 5.60 Å². The monoisotopic (exact) mass is 948 g/mol. The Morgan fingerprint density at radius 1 is 0.635 bits per heavy atom.